The van der Waals surface area contributed by atoms with E-state index < -0.39 is 20.6 Å². The number of hydrogen-bond donors (Lipinski definition) is 2. The molecule has 0 unspecified atom stereocenters. The Balaban J connectivity index is 2.38. The molecule has 0 aliphatic rings. The van der Waals surface area contributed by atoms with Crippen molar-refractivity contribution in [2.24, 2.45) is 0 Å². The van der Waals surface area contributed by atoms with Crippen LogP contribution in [-0.2, 0) is 10.0 Å². The lowest BCUT2D eigenvalue weighted by molar-refractivity contribution is -0.384. The molecule has 0 atom stereocenters. The van der Waals surface area contributed by atoms with E-state index in [2.05, 4.69) is 9.71 Å². The number of benzene rings is 1. The molecule has 1 heterocycles. The Morgan fingerprint density at radius 2 is 2.00 bits per heavy atom. The first kappa shape index (κ1) is 14.7. The van der Waals surface area contributed by atoms with Gasteiger partial charge in [0, 0.05) is 12.3 Å². The molecular weight excluding hydrogens is 296 g/mol. The number of nitro benzene ring substituents is 1. The highest BCUT2D eigenvalue weighted by Crippen LogP contribution is 2.25. The second-order valence-corrected chi connectivity index (χ2v) is 5.99. The van der Waals surface area contributed by atoms with Gasteiger partial charge in [-0.3, -0.25) is 14.8 Å². The van der Waals surface area contributed by atoms with Gasteiger partial charge in [-0.25, -0.2) is 13.4 Å². The molecule has 0 aliphatic carbocycles. The lowest BCUT2D eigenvalue weighted by atomic mass is 10.3. The van der Waals surface area contributed by atoms with Crippen molar-refractivity contribution in [3.05, 3.63) is 52.2 Å². The van der Waals surface area contributed by atoms with Crippen molar-refractivity contribution < 1.29 is 13.3 Å². The molecule has 0 radical (unpaired) electrons. The topological polar surface area (TPSA) is 128 Å². The maximum absolute atomic E-state index is 12.2. The summed E-state index contributed by atoms with van der Waals surface area (Å²) in [5.41, 5.74) is 5.74. The predicted molar refractivity (Wildman–Crippen MR) is 77.3 cm³/mol. The summed E-state index contributed by atoms with van der Waals surface area (Å²) in [6.07, 6.45) is 1.50. The number of pyridine rings is 1. The fourth-order valence-corrected chi connectivity index (χ4v) is 2.60. The first-order chi connectivity index (χ1) is 9.79. The molecule has 21 heavy (non-hydrogen) atoms. The molecule has 0 saturated carbocycles. The molecule has 1 aromatic heterocycles. The molecule has 0 amide bonds. The van der Waals surface area contributed by atoms with E-state index in [0.717, 1.165) is 11.6 Å². The van der Waals surface area contributed by atoms with E-state index in [-0.39, 0.29) is 16.4 Å². The van der Waals surface area contributed by atoms with Crippen LogP contribution in [0.1, 0.15) is 5.56 Å². The van der Waals surface area contributed by atoms with Crippen LogP contribution in [0.3, 0.4) is 0 Å². The summed E-state index contributed by atoms with van der Waals surface area (Å²) >= 11 is 0. The first-order valence-electron chi connectivity index (χ1n) is 5.79. The lowest BCUT2D eigenvalue weighted by Gasteiger charge is -2.08. The maximum Gasteiger partial charge on any atom is 0.293 e. The van der Waals surface area contributed by atoms with Gasteiger partial charge in [0.25, 0.3) is 15.7 Å². The van der Waals surface area contributed by atoms with Crippen molar-refractivity contribution in [3.8, 4) is 0 Å². The van der Waals surface area contributed by atoms with Crippen LogP contribution < -0.4 is 10.5 Å². The van der Waals surface area contributed by atoms with Gasteiger partial charge in [-0.15, -0.1) is 0 Å². The number of sulfonamides is 1. The number of anilines is 2. The average molecular weight is 308 g/mol. The summed E-state index contributed by atoms with van der Waals surface area (Å²) in [6.45, 7) is 1.81. The molecule has 0 spiro atoms. The Morgan fingerprint density at radius 3 is 2.57 bits per heavy atom. The van der Waals surface area contributed by atoms with Gasteiger partial charge in [-0.2, -0.15) is 0 Å². The molecule has 9 heteroatoms. The van der Waals surface area contributed by atoms with Gasteiger partial charge >= 0.3 is 0 Å². The molecule has 8 nitrogen and oxygen atoms in total. The van der Waals surface area contributed by atoms with Gasteiger partial charge in [-0.1, -0.05) is 6.07 Å². The predicted octanol–water partition coefficient (Wildman–Crippen LogP) is 1.68. The standard InChI is InChI=1S/C12H12N4O4S/c1-8-2-5-12(14-7-8)15-21(19,20)9-3-4-10(13)11(6-9)16(17)18/h2-7H,13H2,1H3,(H,14,15). The van der Waals surface area contributed by atoms with Gasteiger partial charge in [0.15, 0.2) is 0 Å². The van der Waals surface area contributed by atoms with E-state index in [1.807, 2.05) is 6.92 Å². The zero-order valence-electron chi connectivity index (χ0n) is 11.0. The summed E-state index contributed by atoms with van der Waals surface area (Å²) in [5.74, 6) is 0.125. The number of nitro groups is 1. The molecule has 2 rings (SSSR count). The molecule has 0 aliphatic heterocycles. The highest BCUT2D eigenvalue weighted by atomic mass is 32.2. The second kappa shape index (κ2) is 5.37. The summed E-state index contributed by atoms with van der Waals surface area (Å²) in [7, 11) is -3.97. The fourth-order valence-electron chi connectivity index (χ4n) is 1.57. The van der Waals surface area contributed by atoms with E-state index in [9.17, 15) is 18.5 Å². The number of rotatable bonds is 4. The molecule has 0 fully saturated rings. The van der Waals surface area contributed by atoms with E-state index in [4.69, 9.17) is 5.73 Å². The number of aryl methyl sites for hydroxylation is 1. The van der Waals surface area contributed by atoms with E-state index in [1.54, 1.807) is 6.07 Å². The van der Waals surface area contributed by atoms with Crippen LogP contribution in [0.2, 0.25) is 0 Å². The quantitative estimate of drug-likeness (QED) is 0.502. The minimum absolute atomic E-state index is 0.104. The maximum atomic E-state index is 12.2. The van der Waals surface area contributed by atoms with Crippen LogP contribution >= 0.6 is 0 Å². The van der Waals surface area contributed by atoms with Gasteiger partial charge < -0.3 is 5.73 Å². The minimum Gasteiger partial charge on any atom is -0.393 e. The van der Waals surface area contributed by atoms with Gasteiger partial charge in [-0.05, 0) is 30.7 Å². The molecule has 110 valence electrons. The van der Waals surface area contributed by atoms with Crippen LogP contribution in [0, 0.1) is 17.0 Å². The Bertz CT molecular complexity index is 787. The molecular formula is C12H12N4O4S. The number of aromatic nitrogens is 1. The highest BCUT2D eigenvalue weighted by Gasteiger charge is 2.20. The third kappa shape index (κ3) is 3.26. The third-order valence-electron chi connectivity index (χ3n) is 2.66. The van der Waals surface area contributed by atoms with Crippen molar-refractivity contribution in [2.75, 3.05) is 10.5 Å². The van der Waals surface area contributed by atoms with Crippen molar-refractivity contribution >= 4 is 27.2 Å². The van der Waals surface area contributed by atoms with Crippen molar-refractivity contribution in [3.63, 3.8) is 0 Å². The normalized spacial score (nSPS) is 11.1. The number of nitrogens with one attached hydrogen (secondary N) is 1. The number of nitrogens with zero attached hydrogens (tertiary/aromatic N) is 2. The highest BCUT2D eigenvalue weighted by molar-refractivity contribution is 7.92. The van der Waals surface area contributed by atoms with Crippen LogP contribution in [-0.4, -0.2) is 18.3 Å². The van der Waals surface area contributed by atoms with Gasteiger partial charge in [0.05, 0.1) is 9.82 Å². The SMILES string of the molecule is Cc1ccc(NS(=O)(=O)c2ccc(N)c([N+](=O)[O-])c2)nc1. The second-order valence-electron chi connectivity index (χ2n) is 4.30. The molecule has 0 saturated heterocycles. The first-order valence-corrected chi connectivity index (χ1v) is 7.27. The van der Waals surface area contributed by atoms with E-state index >= 15 is 0 Å². The van der Waals surface area contributed by atoms with Gasteiger partial charge in [0.2, 0.25) is 0 Å². The monoisotopic (exact) mass is 308 g/mol. The summed E-state index contributed by atoms with van der Waals surface area (Å²) < 4.78 is 26.6. The smallest absolute Gasteiger partial charge is 0.293 e. The summed E-state index contributed by atoms with van der Waals surface area (Å²) in [5, 5.41) is 10.8. The number of nitrogens with two attached hydrogens (primary N) is 1. The van der Waals surface area contributed by atoms with Crippen LogP contribution in [0.5, 0.6) is 0 Å². The summed E-state index contributed by atoms with van der Waals surface area (Å²) in [6, 6.07) is 6.47. The molecule has 1 aromatic carbocycles. The van der Waals surface area contributed by atoms with Crippen LogP contribution in [0.25, 0.3) is 0 Å². The number of hydrogen-bond acceptors (Lipinski definition) is 6. The van der Waals surface area contributed by atoms with Crippen molar-refractivity contribution in [1.82, 2.24) is 4.98 Å². The van der Waals surface area contributed by atoms with Crippen LogP contribution in [0.4, 0.5) is 17.2 Å². The Hall–Kier alpha value is -2.68. The zero-order chi connectivity index (χ0) is 15.6. The zero-order valence-corrected chi connectivity index (χ0v) is 11.8. The van der Waals surface area contributed by atoms with Crippen molar-refractivity contribution in [1.29, 1.82) is 0 Å². The van der Waals surface area contributed by atoms with E-state index in [0.29, 0.717) is 0 Å². The Labute approximate surface area is 120 Å². The van der Waals surface area contributed by atoms with Crippen molar-refractivity contribution in [2.45, 2.75) is 11.8 Å². The largest absolute Gasteiger partial charge is 0.393 e. The molecule has 0 bridgehead atoms. The third-order valence-corrected chi connectivity index (χ3v) is 4.01. The average Bonchev–Trinajstić information content (AvgIpc) is 2.41. The molecule has 3 N–H and O–H groups in total. The van der Waals surface area contributed by atoms with E-state index in [1.165, 1.54) is 24.4 Å². The Kier molecular flexibility index (Phi) is 3.76. The fraction of sp³-hybridized carbons (Fsp3) is 0.0833. The number of nitrogen functional groups attached to an aromatic ring is 1. The molecule has 2 aromatic rings. The minimum atomic E-state index is -3.97. The lowest BCUT2D eigenvalue weighted by Crippen LogP contribution is -2.14. The Morgan fingerprint density at radius 1 is 1.29 bits per heavy atom. The van der Waals surface area contributed by atoms with Gasteiger partial charge in [0.1, 0.15) is 11.5 Å². The summed E-state index contributed by atoms with van der Waals surface area (Å²) in [4.78, 5) is 13.7. The van der Waals surface area contributed by atoms with Crippen LogP contribution in [0.15, 0.2) is 41.4 Å².